The average Bonchev–Trinajstić information content (AvgIpc) is 3.42. The predicted molar refractivity (Wildman–Crippen MR) is 104 cm³/mol. The van der Waals surface area contributed by atoms with Crippen LogP contribution in [-0.2, 0) is 11.3 Å². The van der Waals surface area contributed by atoms with Crippen molar-refractivity contribution in [2.24, 2.45) is 5.92 Å². The molecule has 0 bridgehead atoms. The van der Waals surface area contributed by atoms with Gasteiger partial charge in [-0.15, -0.1) is 11.3 Å². The zero-order valence-corrected chi connectivity index (χ0v) is 15.8. The second-order valence-corrected chi connectivity index (χ2v) is 7.95. The van der Waals surface area contributed by atoms with Gasteiger partial charge in [-0.2, -0.15) is 0 Å². The van der Waals surface area contributed by atoms with Crippen LogP contribution in [0.2, 0.25) is 0 Å². The first kappa shape index (κ1) is 18.4. The number of non-ortho nitro benzene ring substituents is 1. The fourth-order valence-electron chi connectivity index (χ4n) is 3.86. The number of thiophene rings is 1. The van der Waals surface area contributed by atoms with Gasteiger partial charge in [0.25, 0.3) is 5.69 Å². The first-order valence-corrected chi connectivity index (χ1v) is 10.0. The molecular formula is C19H19N3O5S. The maximum Gasteiger partial charge on any atom is 0.420 e. The van der Waals surface area contributed by atoms with Crippen molar-refractivity contribution < 1.29 is 14.1 Å². The second-order valence-electron chi connectivity index (χ2n) is 6.97. The summed E-state index contributed by atoms with van der Waals surface area (Å²) in [5, 5.41) is 16.0. The number of carbonyl (C=O) groups excluding carboxylic acids is 1. The molecule has 1 fully saturated rings. The van der Waals surface area contributed by atoms with E-state index < -0.39 is 10.7 Å². The molecule has 1 saturated carbocycles. The molecule has 1 atom stereocenters. The van der Waals surface area contributed by atoms with Crippen molar-refractivity contribution in [3.63, 3.8) is 0 Å². The normalized spacial score (nSPS) is 15.7. The molecule has 3 aromatic rings. The Hall–Kier alpha value is -2.94. The molecule has 1 N–H and O–H groups in total. The van der Waals surface area contributed by atoms with E-state index in [9.17, 15) is 19.7 Å². The molecule has 1 aliphatic carbocycles. The van der Waals surface area contributed by atoms with Gasteiger partial charge in [-0.3, -0.25) is 19.5 Å². The molecule has 28 heavy (non-hydrogen) atoms. The molecule has 4 rings (SSSR count). The third kappa shape index (κ3) is 3.57. The lowest BCUT2D eigenvalue weighted by atomic mass is 9.96. The van der Waals surface area contributed by atoms with Crippen LogP contribution in [0.25, 0.3) is 11.1 Å². The summed E-state index contributed by atoms with van der Waals surface area (Å²) < 4.78 is 6.30. The van der Waals surface area contributed by atoms with Gasteiger partial charge >= 0.3 is 5.76 Å². The van der Waals surface area contributed by atoms with E-state index in [-0.39, 0.29) is 29.8 Å². The topological polar surface area (TPSA) is 107 Å². The lowest BCUT2D eigenvalue weighted by molar-refractivity contribution is -0.384. The number of amides is 1. The minimum atomic E-state index is -0.709. The summed E-state index contributed by atoms with van der Waals surface area (Å²) in [5.41, 5.74) is 0.286. The van der Waals surface area contributed by atoms with E-state index in [4.69, 9.17) is 4.42 Å². The number of carbonyl (C=O) groups is 1. The smallest absolute Gasteiger partial charge is 0.407 e. The number of nitro benzene ring substituents is 1. The summed E-state index contributed by atoms with van der Waals surface area (Å²) in [5.74, 6) is -0.601. The number of fused-ring (bicyclic) bond motifs is 1. The highest BCUT2D eigenvalue weighted by molar-refractivity contribution is 7.10. The lowest BCUT2D eigenvalue weighted by Crippen LogP contribution is -2.36. The van der Waals surface area contributed by atoms with Crippen LogP contribution < -0.4 is 11.1 Å². The maximum absolute atomic E-state index is 12.7. The Kier molecular flexibility index (Phi) is 4.99. The van der Waals surface area contributed by atoms with E-state index in [0.717, 1.165) is 30.6 Å². The number of hydrogen-bond donors (Lipinski definition) is 1. The fourth-order valence-corrected chi connectivity index (χ4v) is 4.73. The van der Waals surface area contributed by atoms with Gasteiger partial charge in [0.2, 0.25) is 5.91 Å². The summed E-state index contributed by atoms with van der Waals surface area (Å²) in [6, 6.07) is 7.84. The third-order valence-corrected chi connectivity index (χ3v) is 6.16. The van der Waals surface area contributed by atoms with E-state index in [2.05, 4.69) is 5.32 Å². The van der Waals surface area contributed by atoms with Gasteiger partial charge in [-0.05, 0) is 36.3 Å². The summed E-state index contributed by atoms with van der Waals surface area (Å²) in [6.07, 6.45) is 4.46. The average molecular weight is 401 g/mol. The zero-order chi connectivity index (χ0) is 19.7. The maximum atomic E-state index is 12.7. The standard InChI is InChI=1S/C19H19N3O5S/c23-17(20-18(12-4-1-2-5-12)16-6-3-9-28-16)11-21-14-8-7-13(22(25)26)10-15(14)27-19(21)24/h3,6-10,12,18H,1-2,4-5,11H2,(H,20,23). The molecule has 2 heterocycles. The van der Waals surface area contributed by atoms with Gasteiger partial charge in [-0.1, -0.05) is 18.9 Å². The van der Waals surface area contributed by atoms with E-state index in [1.165, 1.54) is 22.8 Å². The number of benzene rings is 1. The number of nitrogens with one attached hydrogen (secondary N) is 1. The van der Waals surface area contributed by atoms with Gasteiger partial charge in [-0.25, -0.2) is 4.79 Å². The molecule has 146 valence electrons. The summed E-state index contributed by atoms with van der Waals surface area (Å²) in [4.78, 5) is 36.3. The molecule has 2 aromatic heterocycles. The Morgan fingerprint density at radius 3 is 2.82 bits per heavy atom. The Bertz CT molecular complexity index is 1060. The van der Waals surface area contributed by atoms with Crippen LogP contribution in [0.15, 0.2) is 44.9 Å². The van der Waals surface area contributed by atoms with Crippen LogP contribution in [0.5, 0.6) is 0 Å². The van der Waals surface area contributed by atoms with Crippen LogP contribution in [-0.4, -0.2) is 15.4 Å². The first-order valence-electron chi connectivity index (χ1n) is 9.13. The molecule has 0 radical (unpaired) electrons. The Morgan fingerprint density at radius 2 is 2.14 bits per heavy atom. The monoisotopic (exact) mass is 401 g/mol. The number of aromatic nitrogens is 1. The van der Waals surface area contributed by atoms with Gasteiger partial charge in [0.05, 0.1) is 22.5 Å². The van der Waals surface area contributed by atoms with Crippen LogP contribution in [0, 0.1) is 16.0 Å². The molecule has 8 nitrogen and oxygen atoms in total. The van der Waals surface area contributed by atoms with Gasteiger partial charge in [0.1, 0.15) is 6.54 Å². The zero-order valence-electron chi connectivity index (χ0n) is 15.0. The SMILES string of the molecule is O=C(Cn1c(=O)oc2cc([N+](=O)[O-])ccc21)NC(c1cccs1)C1CCCC1. The van der Waals surface area contributed by atoms with Crippen LogP contribution >= 0.6 is 11.3 Å². The molecule has 1 unspecified atom stereocenters. The van der Waals surface area contributed by atoms with E-state index in [1.807, 2.05) is 17.5 Å². The Morgan fingerprint density at radius 1 is 1.36 bits per heavy atom. The number of oxazole rings is 1. The number of nitrogens with zero attached hydrogens (tertiary/aromatic N) is 2. The van der Waals surface area contributed by atoms with Crippen molar-refractivity contribution in [3.8, 4) is 0 Å². The van der Waals surface area contributed by atoms with Crippen LogP contribution in [0.1, 0.15) is 36.6 Å². The fraction of sp³-hybridized carbons (Fsp3) is 0.368. The molecule has 1 amide bonds. The summed E-state index contributed by atoms with van der Waals surface area (Å²) in [6.45, 7) is -0.196. The van der Waals surface area contributed by atoms with E-state index in [1.54, 1.807) is 11.3 Å². The Labute approximate surface area is 163 Å². The molecule has 0 saturated heterocycles. The second kappa shape index (κ2) is 7.59. The Balaban J connectivity index is 1.56. The van der Waals surface area contributed by atoms with Crippen molar-refractivity contribution in [1.29, 1.82) is 0 Å². The van der Waals surface area contributed by atoms with Crippen molar-refractivity contribution in [2.75, 3.05) is 0 Å². The third-order valence-electron chi connectivity index (χ3n) is 5.20. The van der Waals surface area contributed by atoms with Crippen molar-refractivity contribution >= 4 is 34.0 Å². The van der Waals surface area contributed by atoms with Crippen molar-refractivity contribution in [3.05, 3.63) is 61.3 Å². The van der Waals surface area contributed by atoms with Crippen LogP contribution in [0.3, 0.4) is 0 Å². The van der Waals surface area contributed by atoms with E-state index >= 15 is 0 Å². The van der Waals surface area contributed by atoms with Gasteiger partial charge in [0.15, 0.2) is 5.58 Å². The molecular weight excluding hydrogens is 382 g/mol. The molecule has 9 heteroatoms. The predicted octanol–water partition coefficient (Wildman–Crippen LogP) is 3.61. The highest BCUT2D eigenvalue weighted by Crippen LogP contribution is 2.37. The summed E-state index contributed by atoms with van der Waals surface area (Å²) >= 11 is 1.61. The first-order chi connectivity index (χ1) is 13.5. The van der Waals surface area contributed by atoms with E-state index in [0.29, 0.717) is 11.4 Å². The molecule has 1 aromatic carbocycles. The minimum Gasteiger partial charge on any atom is -0.407 e. The molecule has 0 spiro atoms. The number of rotatable bonds is 6. The van der Waals surface area contributed by atoms with Crippen LogP contribution in [0.4, 0.5) is 5.69 Å². The van der Waals surface area contributed by atoms with Crippen molar-refractivity contribution in [1.82, 2.24) is 9.88 Å². The molecule has 1 aliphatic rings. The minimum absolute atomic E-state index is 0.0649. The van der Waals surface area contributed by atoms with Gasteiger partial charge in [0, 0.05) is 10.9 Å². The van der Waals surface area contributed by atoms with Gasteiger partial charge < -0.3 is 9.73 Å². The number of hydrogen-bond acceptors (Lipinski definition) is 6. The largest absolute Gasteiger partial charge is 0.420 e. The highest BCUT2D eigenvalue weighted by atomic mass is 32.1. The summed E-state index contributed by atoms with van der Waals surface area (Å²) in [7, 11) is 0. The lowest BCUT2D eigenvalue weighted by Gasteiger charge is -2.23. The molecule has 0 aliphatic heterocycles. The van der Waals surface area contributed by atoms with Crippen molar-refractivity contribution in [2.45, 2.75) is 38.3 Å². The highest BCUT2D eigenvalue weighted by Gasteiger charge is 2.29. The quantitative estimate of drug-likeness (QED) is 0.501. The number of nitro groups is 1.